The summed E-state index contributed by atoms with van der Waals surface area (Å²) in [5.41, 5.74) is 0.713. The molecular formula is C45H74O25. The molecule has 404 valence electrons. The molecular weight excluding hydrogens is 940 g/mol. The monoisotopic (exact) mass is 1010 g/mol. The number of esters is 1. The van der Waals surface area contributed by atoms with Gasteiger partial charge in [-0.25, -0.2) is 20.3 Å². The van der Waals surface area contributed by atoms with E-state index in [0.29, 0.717) is 12.3 Å². The Morgan fingerprint density at radius 1 is 0.586 bits per heavy atom. The Kier molecular flexibility index (Phi) is 17.5. The number of carbonyl (C=O) groups is 1. The van der Waals surface area contributed by atoms with Crippen LogP contribution < -0.4 is 0 Å². The maximum Gasteiger partial charge on any atom is 0.314 e. The van der Waals surface area contributed by atoms with Crippen LogP contribution in [0.4, 0.5) is 0 Å². The molecule has 8 fully saturated rings. The molecule has 4 saturated heterocycles. The van der Waals surface area contributed by atoms with Crippen molar-refractivity contribution in [3.05, 3.63) is 12.2 Å². The zero-order valence-corrected chi connectivity index (χ0v) is 39.9. The third-order valence-corrected chi connectivity index (χ3v) is 17.2. The highest BCUT2D eigenvalue weighted by Crippen LogP contribution is 2.74. The SMILES string of the molecule is C=C1C[C@@]23CC[C@H]4[C@@](C)(CCC[C@@]4(C)C(=O)O[C@@H]4O[C@H](OO)[C@@H](O)[C@H](O[C@H]5O[C@H](OO)[C@@H](O)[C@H](O)[C@H]5O)[C@H]4O)[C@@H]2CC[C@]1(C)C3.CO[C@@H]1O[C@H](CO)[C@@H](O[C@H]2O[C@H](CO)[C@@H](OC)[C@H](O)[C@H]2O)[C@H](O)[C@H]1O. The summed E-state index contributed by atoms with van der Waals surface area (Å²) in [5.74, 6) is -0.136. The third kappa shape index (κ3) is 9.86. The third-order valence-electron chi connectivity index (χ3n) is 17.2. The van der Waals surface area contributed by atoms with Gasteiger partial charge in [-0.15, -0.1) is 0 Å². The molecule has 8 aliphatic rings. The number of ether oxygens (including phenoxy) is 9. The molecule has 0 aromatic carbocycles. The lowest BCUT2D eigenvalue weighted by atomic mass is 9.40. The van der Waals surface area contributed by atoms with E-state index in [1.54, 1.807) is 0 Å². The second-order valence-electron chi connectivity index (χ2n) is 21.2. The topological polar surface area (TPSA) is 382 Å². The predicted octanol–water partition coefficient (Wildman–Crippen LogP) is -2.67. The van der Waals surface area contributed by atoms with Gasteiger partial charge in [0.15, 0.2) is 18.9 Å². The predicted molar refractivity (Wildman–Crippen MR) is 228 cm³/mol. The van der Waals surface area contributed by atoms with Gasteiger partial charge in [-0.05, 0) is 86.4 Å². The van der Waals surface area contributed by atoms with E-state index in [9.17, 15) is 66.2 Å². The van der Waals surface area contributed by atoms with Gasteiger partial charge in [0.1, 0.15) is 85.5 Å². The van der Waals surface area contributed by atoms with Gasteiger partial charge < -0.3 is 98.8 Å². The average Bonchev–Trinajstić information content (AvgIpc) is 3.52. The largest absolute Gasteiger partial charge is 0.432 e. The quantitative estimate of drug-likeness (QED) is 0.0410. The number of hydrogen-bond donors (Lipinski definition) is 13. The van der Waals surface area contributed by atoms with Crippen LogP contribution in [0.2, 0.25) is 0 Å². The lowest BCUT2D eigenvalue weighted by Gasteiger charge is -2.64. The molecule has 4 aliphatic carbocycles. The highest BCUT2D eigenvalue weighted by atomic mass is 17.1. The van der Waals surface area contributed by atoms with Crippen LogP contribution in [0.25, 0.3) is 0 Å². The van der Waals surface area contributed by atoms with Gasteiger partial charge in [0, 0.05) is 14.2 Å². The first kappa shape index (κ1) is 56.0. The first-order valence-corrected chi connectivity index (χ1v) is 23.9. The van der Waals surface area contributed by atoms with Crippen LogP contribution in [0.5, 0.6) is 0 Å². The van der Waals surface area contributed by atoms with Crippen molar-refractivity contribution >= 4 is 5.97 Å². The van der Waals surface area contributed by atoms with Crippen molar-refractivity contribution in [1.29, 1.82) is 0 Å². The standard InChI is InChI=1S/C31H48O14.C14H26O11/c1-14-12-31-11-7-15-29(3,16(31)6-10-28(14,2)13-31)8-5-9-30(15,4)27(37)43-24-20(35)22(21(36)26(42-24)45-39)40-23-18(33)17(32)19(34)25(41-23)44-38;1-21-11-5(3-15)24-14(10(20)7(11)17)25-12-6(4-16)23-13(22-2)9(19)8(12)18/h15-26,32-36,38-39H,1,5-13H2,2-4H3;5-20H,3-4H2,1-2H3/t15-,16-,17+,18+,19-,20+,21-,22+,23-,24-,25+,26+,28+,29+,30+,31+;5-,6-,7-,8-,9-,10-,11-,12-,13-,14-/m01/s1. The lowest BCUT2D eigenvalue weighted by molar-refractivity contribution is -0.454. The highest BCUT2D eigenvalue weighted by molar-refractivity contribution is 5.77. The molecule has 26 atom stereocenters. The first-order valence-electron chi connectivity index (χ1n) is 23.9. The molecule has 0 aromatic heterocycles. The molecule has 0 amide bonds. The molecule has 25 heteroatoms. The summed E-state index contributed by atoms with van der Waals surface area (Å²) in [6, 6.07) is 0. The Labute approximate surface area is 404 Å². The van der Waals surface area contributed by atoms with E-state index >= 15 is 0 Å². The number of carbonyl (C=O) groups excluding carboxylic acids is 1. The Balaban J connectivity index is 0.000000245. The normalized spacial score (nSPS) is 52.5. The Morgan fingerprint density at radius 3 is 1.73 bits per heavy atom. The van der Waals surface area contributed by atoms with Crippen LogP contribution in [0.3, 0.4) is 0 Å². The van der Waals surface area contributed by atoms with E-state index in [-0.39, 0.29) is 22.2 Å². The van der Waals surface area contributed by atoms with Crippen molar-refractivity contribution in [2.24, 2.45) is 33.5 Å². The average molecular weight is 1020 g/mol. The van der Waals surface area contributed by atoms with E-state index in [0.717, 1.165) is 51.4 Å². The van der Waals surface area contributed by atoms with Crippen LogP contribution in [-0.2, 0) is 57.2 Å². The van der Waals surface area contributed by atoms with Crippen LogP contribution in [0.15, 0.2) is 12.2 Å². The number of aliphatic hydroxyl groups excluding tert-OH is 11. The highest BCUT2D eigenvalue weighted by Gasteiger charge is 2.67. The number of methoxy groups -OCH3 is 2. The van der Waals surface area contributed by atoms with E-state index < -0.39 is 148 Å². The van der Waals surface area contributed by atoms with Crippen LogP contribution in [0, 0.1) is 33.5 Å². The fourth-order valence-corrected chi connectivity index (χ4v) is 13.5. The maximum atomic E-state index is 14.1. The van der Waals surface area contributed by atoms with Gasteiger partial charge in [-0.2, -0.15) is 0 Å². The minimum atomic E-state index is -1.91. The zero-order chi connectivity index (χ0) is 51.4. The van der Waals surface area contributed by atoms with E-state index in [4.69, 9.17) is 47.9 Å². The van der Waals surface area contributed by atoms with Crippen molar-refractivity contribution < 1.29 is 124 Å². The molecule has 0 unspecified atom stereocenters. The number of fused-ring (bicyclic) bond motifs is 3. The minimum absolute atomic E-state index is 0.0115. The molecule has 2 bridgehead atoms. The van der Waals surface area contributed by atoms with Crippen LogP contribution in [0.1, 0.15) is 78.6 Å². The van der Waals surface area contributed by atoms with Crippen molar-refractivity contribution in [3.8, 4) is 0 Å². The summed E-state index contributed by atoms with van der Waals surface area (Å²) < 4.78 is 48.0. The summed E-state index contributed by atoms with van der Waals surface area (Å²) >= 11 is 0. The Hall–Kier alpha value is -1.71. The van der Waals surface area contributed by atoms with Gasteiger partial charge in [0.25, 0.3) is 0 Å². The van der Waals surface area contributed by atoms with Crippen molar-refractivity contribution in [1.82, 2.24) is 0 Å². The molecule has 70 heavy (non-hydrogen) atoms. The fraction of sp³-hybridized carbons (Fsp3) is 0.933. The van der Waals surface area contributed by atoms with Gasteiger partial charge in [0.05, 0.1) is 18.6 Å². The van der Waals surface area contributed by atoms with Crippen molar-refractivity contribution in [2.75, 3.05) is 27.4 Å². The van der Waals surface area contributed by atoms with Crippen LogP contribution in [-0.4, -0.2) is 223 Å². The second kappa shape index (κ2) is 21.9. The smallest absolute Gasteiger partial charge is 0.314 e. The fourth-order valence-electron chi connectivity index (χ4n) is 13.5. The summed E-state index contributed by atoms with van der Waals surface area (Å²) in [7, 11) is 2.55. The summed E-state index contributed by atoms with van der Waals surface area (Å²) in [6.07, 6.45) is -22.8. The summed E-state index contributed by atoms with van der Waals surface area (Å²) in [6.45, 7) is 9.95. The molecule has 4 saturated carbocycles. The van der Waals surface area contributed by atoms with E-state index in [1.807, 2.05) is 6.92 Å². The molecule has 13 N–H and O–H groups in total. The summed E-state index contributed by atoms with van der Waals surface area (Å²) in [5, 5.41) is 130. The number of hydrogen-bond acceptors (Lipinski definition) is 25. The Morgan fingerprint density at radius 2 is 1.10 bits per heavy atom. The lowest BCUT2D eigenvalue weighted by Crippen LogP contribution is -2.65. The molecule has 0 radical (unpaired) electrons. The number of allylic oxidation sites excluding steroid dienone is 1. The molecule has 25 nitrogen and oxygen atoms in total. The first-order chi connectivity index (χ1) is 33.0. The molecule has 8 rings (SSSR count). The minimum Gasteiger partial charge on any atom is -0.432 e. The zero-order valence-electron chi connectivity index (χ0n) is 39.9. The van der Waals surface area contributed by atoms with Gasteiger partial charge in [-0.1, -0.05) is 32.4 Å². The van der Waals surface area contributed by atoms with Gasteiger partial charge in [0.2, 0.25) is 18.9 Å². The van der Waals surface area contributed by atoms with Crippen molar-refractivity contribution in [3.63, 3.8) is 0 Å². The van der Waals surface area contributed by atoms with Crippen molar-refractivity contribution in [2.45, 2.75) is 202 Å². The Bertz CT molecular complexity index is 1780. The molecule has 0 aromatic rings. The number of rotatable bonds is 12. The maximum absolute atomic E-state index is 14.1. The van der Waals surface area contributed by atoms with Gasteiger partial charge >= 0.3 is 5.97 Å². The molecule has 4 heterocycles. The molecule has 4 aliphatic heterocycles. The molecule has 1 spiro atoms. The number of aliphatic hydroxyl groups is 11. The van der Waals surface area contributed by atoms with E-state index in [2.05, 4.69) is 30.2 Å². The van der Waals surface area contributed by atoms with E-state index in [1.165, 1.54) is 19.8 Å². The van der Waals surface area contributed by atoms with Crippen LogP contribution >= 0.6 is 0 Å². The second-order valence-corrected chi connectivity index (χ2v) is 21.2. The summed E-state index contributed by atoms with van der Waals surface area (Å²) in [4.78, 5) is 22.4. The van der Waals surface area contributed by atoms with Gasteiger partial charge in [-0.3, -0.25) is 4.79 Å².